The Bertz CT molecular complexity index is 1350. The van der Waals surface area contributed by atoms with Crippen LogP contribution in [-0.2, 0) is 14.8 Å². The third kappa shape index (κ3) is 5.35. The molecule has 1 amide bonds. The highest BCUT2D eigenvalue weighted by atomic mass is 35.5. The minimum absolute atomic E-state index is 0.0117. The first kappa shape index (κ1) is 24.3. The molecule has 0 radical (unpaired) electrons. The summed E-state index contributed by atoms with van der Waals surface area (Å²) in [5, 5.41) is 2.83. The minimum atomic E-state index is -3.95. The molecule has 0 fully saturated rings. The quantitative estimate of drug-likeness (QED) is 0.472. The summed E-state index contributed by atoms with van der Waals surface area (Å²) in [5.74, 6) is -1.19. The van der Waals surface area contributed by atoms with Crippen LogP contribution in [0.3, 0.4) is 0 Å². The van der Waals surface area contributed by atoms with Gasteiger partial charge >= 0.3 is 5.97 Å². The van der Waals surface area contributed by atoms with Crippen molar-refractivity contribution < 1.29 is 22.7 Å². The van der Waals surface area contributed by atoms with E-state index in [1.165, 1.54) is 37.4 Å². The number of benzene rings is 3. The number of sulfonamides is 1. The van der Waals surface area contributed by atoms with Gasteiger partial charge in [-0.15, -0.1) is 0 Å². The molecule has 7 nitrogen and oxygen atoms in total. The molecule has 172 valence electrons. The first-order chi connectivity index (χ1) is 15.5. The maximum absolute atomic E-state index is 13.1. The van der Waals surface area contributed by atoms with Gasteiger partial charge in [-0.05, 0) is 73.9 Å². The normalized spacial score (nSPS) is 11.1. The Morgan fingerprint density at radius 3 is 2.36 bits per heavy atom. The fraction of sp³-hybridized carbons (Fsp3) is 0.167. The highest BCUT2D eigenvalue weighted by Crippen LogP contribution is 2.26. The van der Waals surface area contributed by atoms with E-state index in [0.29, 0.717) is 16.9 Å². The second-order valence-corrected chi connectivity index (χ2v) is 9.53. The van der Waals surface area contributed by atoms with Crippen LogP contribution in [0.5, 0.6) is 0 Å². The number of hydrogen-bond acceptors (Lipinski definition) is 5. The van der Waals surface area contributed by atoms with Gasteiger partial charge in [0.15, 0.2) is 0 Å². The minimum Gasteiger partial charge on any atom is -0.465 e. The highest BCUT2D eigenvalue weighted by molar-refractivity contribution is 7.92. The molecule has 9 heteroatoms. The highest BCUT2D eigenvalue weighted by Gasteiger charge is 2.21. The second-order valence-electron chi connectivity index (χ2n) is 7.47. The number of nitrogens with one attached hydrogen (secondary N) is 2. The van der Waals surface area contributed by atoms with Crippen LogP contribution >= 0.6 is 11.6 Å². The van der Waals surface area contributed by atoms with Gasteiger partial charge in [-0.1, -0.05) is 29.8 Å². The van der Waals surface area contributed by atoms with E-state index in [1.54, 1.807) is 25.1 Å². The fourth-order valence-corrected chi connectivity index (χ4v) is 4.75. The predicted octanol–water partition coefficient (Wildman–Crippen LogP) is 5.10. The van der Waals surface area contributed by atoms with Gasteiger partial charge in [0.25, 0.3) is 15.9 Å². The number of esters is 1. The molecule has 0 unspecified atom stereocenters. The van der Waals surface area contributed by atoms with Gasteiger partial charge in [0.1, 0.15) is 0 Å². The van der Waals surface area contributed by atoms with Crippen LogP contribution < -0.4 is 10.0 Å². The standard InChI is InChI=1S/C24H23ClN2O5S/c1-14-6-5-7-21(16(14)3)27-33(30,31)22-12-17(9-8-15(22)2)23(28)26-18-10-11-20(25)19(13-18)24(29)32-4/h5-13,27H,1-4H3,(H,26,28). The lowest BCUT2D eigenvalue weighted by Crippen LogP contribution is -2.18. The van der Waals surface area contributed by atoms with Crippen LogP contribution in [0.4, 0.5) is 11.4 Å². The van der Waals surface area contributed by atoms with E-state index < -0.39 is 21.9 Å². The first-order valence-electron chi connectivity index (χ1n) is 9.92. The average Bonchev–Trinajstić information content (AvgIpc) is 2.77. The molecule has 0 saturated heterocycles. The molecule has 3 rings (SSSR count). The number of aryl methyl sites for hydroxylation is 2. The van der Waals surface area contributed by atoms with E-state index in [1.807, 2.05) is 19.9 Å². The zero-order valence-corrected chi connectivity index (χ0v) is 20.1. The number of hydrogen-bond donors (Lipinski definition) is 2. The van der Waals surface area contributed by atoms with Gasteiger partial charge < -0.3 is 10.1 Å². The summed E-state index contributed by atoms with van der Waals surface area (Å²) in [6, 6.07) is 14.1. The van der Waals surface area contributed by atoms with Gasteiger partial charge in [0.05, 0.1) is 28.3 Å². The predicted molar refractivity (Wildman–Crippen MR) is 129 cm³/mol. The van der Waals surface area contributed by atoms with E-state index in [0.717, 1.165) is 11.1 Å². The number of anilines is 2. The molecule has 0 heterocycles. The van der Waals surface area contributed by atoms with Crippen molar-refractivity contribution >= 4 is 44.9 Å². The molecule has 0 aliphatic carbocycles. The molecule has 0 spiro atoms. The lowest BCUT2D eigenvalue weighted by molar-refractivity contribution is 0.0600. The Labute approximate surface area is 197 Å². The molecule has 0 aliphatic rings. The van der Waals surface area contributed by atoms with Gasteiger partial charge in [-0.2, -0.15) is 0 Å². The number of ether oxygens (including phenoxy) is 1. The second kappa shape index (κ2) is 9.64. The van der Waals surface area contributed by atoms with Crippen molar-refractivity contribution in [2.24, 2.45) is 0 Å². The molecule has 33 heavy (non-hydrogen) atoms. The van der Waals surface area contributed by atoms with E-state index in [-0.39, 0.29) is 21.0 Å². The summed E-state index contributed by atoms with van der Waals surface area (Å²) in [6.45, 7) is 5.38. The van der Waals surface area contributed by atoms with Crippen molar-refractivity contribution in [3.8, 4) is 0 Å². The summed E-state index contributed by atoms with van der Waals surface area (Å²) in [7, 11) is -2.72. The van der Waals surface area contributed by atoms with Crippen LogP contribution in [0, 0.1) is 20.8 Å². The Balaban J connectivity index is 1.90. The summed E-state index contributed by atoms with van der Waals surface area (Å²) in [4.78, 5) is 24.6. The molecule has 0 bridgehead atoms. The fourth-order valence-electron chi connectivity index (χ4n) is 3.16. The third-order valence-corrected chi connectivity index (χ3v) is 7.06. The maximum atomic E-state index is 13.1. The maximum Gasteiger partial charge on any atom is 0.339 e. The van der Waals surface area contributed by atoms with Crippen LogP contribution in [0.15, 0.2) is 59.5 Å². The summed E-state index contributed by atoms with van der Waals surface area (Å²) in [5.41, 5.74) is 3.28. The number of methoxy groups -OCH3 is 1. The Kier molecular flexibility index (Phi) is 7.09. The van der Waals surface area contributed by atoms with Gasteiger partial charge in [0, 0.05) is 11.3 Å². The number of amides is 1. The summed E-state index contributed by atoms with van der Waals surface area (Å²) < 4.78 is 33.5. The van der Waals surface area contributed by atoms with Crippen molar-refractivity contribution in [1.82, 2.24) is 0 Å². The monoisotopic (exact) mass is 486 g/mol. The Morgan fingerprint density at radius 2 is 1.67 bits per heavy atom. The van der Waals surface area contributed by atoms with E-state index >= 15 is 0 Å². The Morgan fingerprint density at radius 1 is 0.939 bits per heavy atom. The van der Waals surface area contributed by atoms with Crippen molar-refractivity contribution in [1.29, 1.82) is 0 Å². The van der Waals surface area contributed by atoms with Gasteiger partial charge in [-0.25, -0.2) is 13.2 Å². The van der Waals surface area contributed by atoms with E-state index in [2.05, 4.69) is 14.8 Å². The summed E-state index contributed by atoms with van der Waals surface area (Å²) >= 11 is 6.01. The lowest BCUT2D eigenvalue weighted by atomic mass is 10.1. The number of carbonyl (C=O) groups excluding carboxylic acids is 2. The van der Waals surface area contributed by atoms with E-state index in [4.69, 9.17) is 11.6 Å². The largest absolute Gasteiger partial charge is 0.465 e. The molecule has 0 aromatic heterocycles. The van der Waals surface area contributed by atoms with Crippen molar-refractivity contribution in [3.05, 3.63) is 87.4 Å². The van der Waals surface area contributed by atoms with Crippen LogP contribution in [0.25, 0.3) is 0 Å². The van der Waals surface area contributed by atoms with Gasteiger partial charge in [-0.3, -0.25) is 9.52 Å². The topological polar surface area (TPSA) is 102 Å². The molecule has 0 aliphatic heterocycles. The molecule has 3 aromatic rings. The molecule has 2 N–H and O–H groups in total. The SMILES string of the molecule is COC(=O)c1cc(NC(=O)c2ccc(C)c(S(=O)(=O)Nc3cccc(C)c3C)c2)ccc1Cl. The van der Waals surface area contributed by atoms with Crippen molar-refractivity contribution in [2.45, 2.75) is 25.7 Å². The molecule has 3 aromatic carbocycles. The van der Waals surface area contributed by atoms with Crippen molar-refractivity contribution in [2.75, 3.05) is 17.1 Å². The van der Waals surface area contributed by atoms with Crippen LogP contribution in [0.1, 0.15) is 37.4 Å². The first-order valence-corrected chi connectivity index (χ1v) is 11.8. The molecule has 0 atom stereocenters. The Hall–Kier alpha value is -3.36. The van der Waals surface area contributed by atoms with Crippen molar-refractivity contribution in [3.63, 3.8) is 0 Å². The summed E-state index contributed by atoms with van der Waals surface area (Å²) in [6.07, 6.45) is 0. The zero-order chi connectivity index (χ0) is 24.3. The third-order valence-electron chi connectivity index (χ3n) is 5.22. The average molecular weight is 487 g/mol. The number of carbonyl (C=O) groups is 2. The smallest absolute Gasteiger partial charge is 0.339 e. The zero-order valence-electron chi connectivity index (χ0n) is 18.5. The lowest BCUT2D eigenvalue weighted by Gasteiger charge is -2.15. The molecule has 0 saturated carbocycles. The van der Waals surface area contributed by atoms with Crippen LogP contribution in [-0.4, -0.2) is 27.4 Å². The number of rotatable bonds is 6. The van der Waals surface area contributed by atoms with E-state index in [9.17, 15) is 18.0 Å². The molecular formula is C24H23ClN2O5S. The molecular weight excluding hydrogens is 464 g/mol. The number of halogens is 1. The van der Waals surface area contributed by atoms with Crippen LogP contribution in [0.2, 0.25) is 5.02 Å². The van der Waals surface area contributed by atoms with Gasteiger partial charge in [0.2, 0.25) is 0 Å².